The molecule has 4 heterocycles. The Morgan fingerprint density at radius 2 is 1.82 bits per heavy atom. The van der Waals surface area contributed by atoms with Crippen molar-refractivity contribution in [3.8, 4) is 11.5 Å². The van der Waals surface area contributed by atoms with Crippen LogP contribution in [-0.2, 0) is 16.8 Å². The summed E-state index contributed by atoms with van der Waals surface area (Å²) in [6, 6.07) is 5.78. The molecule has 2 aromatic heterocycles. The van der Waals surface area contributed by atoms with Gasteiger partial charge in [-0.1, -0.05) is 20.3 Å². The summed E-state index contributed by atoms with van der Waals surface area (Å²) in [7, 11) is 0. The van der Waals surface area contributed by atoms with Crippen LogP contribution in [0.25, 0.3) is 10.9 Å². The maximum Gasteiger partial charge on any atom is 0.252 e. The molecule has 0 aliphatic carbocycles. The molecule has 0 saturated carbocycles. The van der Waals surface area contributed by atoms with Gasteiger partial charge in [0, 0.05) is 43.2 Å². The third kappa shape index (κ3) is 6.31. The van der Waals surface area contributed by atoms with E-state index in [1.165, 1.54) is 0 Å². The van der Waals surface area contributed by atoms with Gasteiger partial charge in [0.2, 0.25) is 0 Å². The first-order valence-electron chi connectivity index (χ1n) is 14.7. The van der Waals surface area contributed by atoms with Gasteiger partial charge in [0.15, 0.2) is 17.3 Å². The van der Waals surface area contributed by atoms with Crippen LogP contribution in [0.5, 0.6) is 11.5 Å². The van der Waals surface area contributed by atoms with Gasteiger partial charge in [-0.2, -0.15) is 0 Å². The Morgan fingerprint density at radius 3 is 2.55 bits per heavy atom. The standard InChI is InChI=1S/C29H43N7O4/c1-5-8-24(27-31-32-33-36(27)29(3,4)6-2)35(10-7-9-34-11-13-38-14-12-34)20-22-17-21-18-25-26(40-16-15-39-25)19-23(21)30-28(22)37/h17-19,24H,5-16,20H2,1-4H3,(H,30,37)/t24-/m1/s1. The van der Waals surface area contributed by atoms with Gasteiger partial charge in [-0.25, -0.2) is 4.68 Å². The maximum atomic E-state index is 13.4. The highest BCUT2D eigenvalue weighted by Crippen LogP contribution is 2.34. The fraction of sp³-hybridized carbons (Fsp3) is 0.655. The van der Waals surface area contributed by atoms with Crippen molar-refractivity contribution in [3.05, 3.63) is 39.9 Å². The minimum absolute atomic E-state index is 0.0223. The van der Waals surface area contributed by atoms with E-state index in [9.17, 15) is 4.79 Å². The number of fused-ring (bicyclic) bond motifs is 2. The largest absolute Gasteiger partial charge is 0.486 e. The molecule has 0 amide bonds. The van der Waals surface area contributed by atoms with Crippen LogP contribution in [0.1, 0.15) is 70.8 Å². The Kier molecular flexibility index (Phi) is 9.02. The summed E-state index contributed by atoms with van der Waals surface area (Å²) in [4.78, 5) is 21.3. The normalized spacial score (nSPS) is 17.0. The lowest BCUT2D eigenvalue weighted by atomic mass is 10.0. The highest BCUT2D eigenvalue weighted by Gasteiger charge is 2.31. The number of tetrazole rings is 1. The summed E-state index contributed by atoms with van der Waals surface area (Å²) in [6.07, 6.45) is 3.74. The van der Waals surface area contributed by atoms with Crippen LogP contribution in [0, 0.1) is 0 Å². The second kappa shape index (κ2) is 12.7. The fourth-order valence-electron chi connectivity index (χ4n) is 5.52. The van der Waals surface area contributed by atoms with Gasteiger partial charge >= 0.3 is 0 Å². The molecule has 2 aliphatic heterocycles. The van der Waals surface area contributed by atoms with E-state index in [1.807, 2.05) is 22.9 Å². The van der Waals surface area contributed by atoms with E-state index in [0.717, 1.165) is 81.8 Å². The molecule has 40 heavy (non-hydrogen) atoms. The predicted octanol–water partition coefficient (Wildman–Crippen LogP) is 3.50. The van der Waals surface area contributed by atoms with Crippen molar-refractivity contribution in [1.82, 2.24) is 35.0 Å². The zero-order valence-corrected chi connectivity index (χ0v) is 24.3. The fourth-order valence-corrected chi connectivity index (χ4v) is 5.52. The lowest BCUT2D eigenvalue weighted by Gasteiger charge is -2.34. The van der Waals surface area contributed by atoms with Gasteiger partial charge in [-0.15, -0.1) is 5.10 Å². The Bertz CT molecular complexity index is 1330. The Balaban J connectivity index is 1.47. The monoisotopic (exact) mass is 553 g/mol. The van der Waals surface area contributed by atoms with Crippen molar-refractivity contribution >= 4 is 10.9 Å². The molecule has 0 spiro atoms. The van der Waals surface area contributed by atoms with Crippen molar-refractivity contribution in [2.45, 2.75) is 71.5 Å². The molecule has 11 nitrogen and oxygen atoms in total. The topological polar surface area (TPSA) is 111 Å². The summed E-state index contributed by atoms with van der Waals surface area (Å²) < 4.78 is 19.0. The third-order valence-corrected chi connectivity index (χ3v) is 8.21. The van der Waals surface area contributed by atoms with Gasteiger partial charge in [-0.3, -0.25) is 14.6 Å². The second-order valence-electron chi connectivity index (χ2n) is 11.4. The molecule has 1 saturated heterocycles. The molecule has 0 radical (unpaired) electrons. The molecular weight excluding hydrogens is 510 g/mol. The van der Waals surface area contributed by atoms with Gasteiger partial charge < -0.3 is 19.2 Å². The first-order valence-corrected chi connectivity index (χ1v) is 14.7. The van der Waals surface area contributed by atoms with Crippen LogP contribution < -0.4 is 15.0 Å². The predicted molar refractivity (Wildman–Crippen MR) is 153 cm³/mol. The van der Waals surface area contributed by atoms with E-state index in [1.54, 1.807) is 0 Å². The number of pyridine rings is 1. The molecule has 218 valence electrons. The Hall–Kier alpha value is -3.02. The number of morpholine rings is 1. The number of hydrogen-bond donors (Lipinski definition) is 1. The van der Waals surface area contributed by atoms with Gasteiger partial charge in [0.25, 0.3) is 5.56 Å². The average Bonchev–Trinajstić information content (AvgIpc) is 3.46. The minimum atomic E-state index is -0.216. The number of aromatic nitrogens is 5. The van der Waals surface area contributed by atoms with Crippen molar-refractivity contribution in [1.29, 1.82) is 0 Å². The number of ether oxygens (including phenoxy) is 3. The molecule has 11 heteroatoms. The van der Waals surface area contributed by atoms with Crippen LogP contribution >= 0.6 is 0 Å². The first kappa shape index (κ1) is 28.5. The Labute approximate surface area is 235 Å². The zero-order valence-electron chi connectivity index (χ0n) is 24.3. The summed E-state index contributed by atoms with van der Waals surface area (Å²) in [5.41, 5.74) is 1.15. The number of benzene rings is 1. The van der Waals surface area contributed by atoms with E-state index >= 15 is 0 Å². The van der Waals surface area contributed by atoms with Crippen molar-refractivity contribution < 1.29 is 14.2 Å². The molecule has 2 aliphatic rings. The molecule has 5 rings (SSSR count). The highest BCUT2D eigenvalue weighted by atomic mass is 16.6. The molecule has 0 unspecified atom stereocenters. The van der Waals surface area contributed by atoms with Gasteiger partial charge in [0.1, 0.15) is 13.2 Å². The maximum absolute atomic E-state index is 13.4. The number of rotatable bonds is 12. The molecular formula is C29H43N7O4. The van der Waals surface area contributed by atoms with Crippen LogP contribution in [-0.4, -0.2) is 87.6 Å². The van der Waals surface area contributed by atoms with E-state index in [0.29, 0.717) is 36.8 Å². The van der Waals surface area contributed by atoms with E-state index in [2.05, 4.69) is 58.0 Å². The second-order valence-corrected chi connectivity index (χ2v) is 11.4. The minimum Gasteiger partial charge on any atom is -0.486 e. The average molecular weight is 554 g/mol. The van der Waals surface area contributed by atoms with Gasteiger partial charge in [-0.05, 0) is 62.2 Å². The van der Waals surface area contributed by atoms with Crippen molar-refractivity contribution in [3.63, 3.8) is 0 Å². The van der Waals surface area contributed by atoms with Crippen molar-refractivity contribution in [2.24, 2.45) is 0 Å². The van der Waals surface area contributed by atoms with Crippen LogP contribution in [0.3, 0.4) is 0 Å². The molecule has 0 bridgehead atoms. The van der Waals surface area contributed by atoms with E-state index in [4.69, 9.17) is 14.2 Å². The number of aromatic amines is 1. The number of nitrogens with one attached hydrogen (secondary N) is 1. The summed E-state index contributed by atoms with van der Waals surface area (Å²) >= 11 is 0. The summed E-state index contributed by atoms with van der Waals surface area (Å²) in [6.45, 7) is 15.5. The SMILES string of the molecule is CCC[C@H](c1nnnn1C(C)(C)CC)N(CCCN1CCOCC1)Cc1cc2cc3c(cc2[nH]c1=O)OCCO3. The smallest absolute Gasteiger partial charge is 0.252 e. The molecule has 3 aromatic rings. The van der Waals surface area contributed by atoms with E-state index < -0.39 is 0 Å². The van der Waals surface area contributed by atoms with Gasteiger partial charge in [0.05, 0.1) is 30.3 Å². The summed E-state index contributed by atoms with van der Waals surface area (Å²) in [5, 5.41) is 14.0. The van der Waals surface area contributed by atoms with Crippen LogP contribution in [0.2, 0.25) is 0 Å². The zero-order chi connectivity index (χ0) is 28.1. The molecule has 1 fully saturated rings. The number of nitrogens with zero attached hydrogens (tertiary/aromatic N) is 6. The quantitative estimate of drug-likeness (QED) is 0.360. The highest BCUT2D eigenvalue weighted by molar-refractivity contribution is 5.83. The lowest BCUT2D eigenvalue weighted by molar-refractivity contribution is 0.0347. The van der Waals surface area contributed by atoms with Crippen LogP contribution in [0.15, 0.2) is 23.0 Å². The van der Waals surface area contributed by atoms with E-state index in [-0.39, 0.29) is 17.1 Å². The van der Waals surface area contributed by atoms with Crippen molar-refractivity contribution in [2.75, 3.05) is 52.6 Å². The molecule has 1 atom stereocenters. The molecule has 1 N–H and O–H groups in total. The number of hydrogen-bond acceptors (Lipinski definition) is 9. The lowest BCUT2D eigenvalue weighted by Crippen LogP contribution is -2.40. The molecule has 1 aromatic carbocycles. The first-order chi connectivity index (χ1) is 19.4. The van der Waals surface area contributed by atoms with Crippen LogP contribution in [0.4, 0.5) is 0 Å². The number of H-pyrrole nitrogens is 1. The summed E-state index contributed by atoms with van der Waals surface area (Å²) in [5.74, 6) is 2.24. The Morgan fingerprint density at radius 1 is 1.07 bits per heavy atom. The third-order valence-electron chi connectivity index (χ3n) is 8.21.